The Bertz CT molecular complexity index is 1010. The summed E-state index contributed by atoms with van der Waals surface area (Å²) < 4.78 is 14.5. The normalized spacial score (nSPS) is 17.6. The van der Waals surface area contributed by atoms with E-state index in [-0.39, 0.29) is 48.0 Å². The first-order valence-electron chi connectivity index (χ1n) is 11.0. The second-order valence-corrected chi connectivity index (χ2v) is 9.47. The molecule has 0 saturated carbocycles. The number of hydrogen-bond acceptors (Lipinski definition) is 5. The van der Waals surface area contributed by atoms with Crippen LogP contribution in [0.25, 0.3) is 0 Å². The summed E-state index contributed by atoms with van der Waals surface area (Å²) in [6, 6.07) is 7.30. The van der Waals surface area contributed by atoms with Gasteiger partial charge in [0.25, 0.3) is 11.8 Å². The third kappa shape index (κ3) is 5.73. The summed E-state index contributed by atoms with van der Waals surface area (Å²) in [5.41, 5.74) is -0.0285. The highest BCUT2D eigenvalue weighted by Crippen LogP contribution is 2.26. The molecule has 10 heteroatoms. The van der Waals surface area contributed by atoms with E-state index in [4.69, 9.17) is 0 Å². The van der Waals surface area contributed by atoms with Crippen LogP contribution in [0.2, 0.25) is 0 Å². The lowest BCUT2D eigenvalue weighted by Crippen LogP contribution is -2.62. The maximum atomic E-state index is 13.1. The van der Waals surface area contributed by atoms with E-state index in [9.17, 15) is 18.8 Å². The van der Waals surface area contributed by atoms with Crippen LogP contribution in [0, 0.1) is 5.82 Å². The van der Waals surface area contributed by atoms with E-state index in [0.717, 1.165) is 29.9 Å². The average molecular weight is 476 g/mol. The first-order chi connectivity index (χ1) is 15.8. The summed E-state index contributed by atoms with van der Waals surface area (Å²) in [5.74, 6) is 0.643. The van der Waals surface area contributed by atoms with Crippen LogP contribution in [0.4, 0.5) is 4.39 Å². The van der Waals surface area contributed by atoms with Crippen LogP contribution in [0.5, 0.6) is 0 Å². The van der Waals surface area contributed by atoms with Gasteiger partial charge < -0.3 is 15.5 Å². The Hall–Kier alpha value is -2.88. The van der Waals surface area contributed by atoms with E-state index < -0.39 is 5.54 Å². The van der Waals surface area contributed by atoms with Gasteiger partial charge in [-0.15, -0.1) is 0 Å². The summed E-state index contributed by atoms with van der Waals surface area (Å²) >= 11 is 1.85. The van der Waals surface area contributed by atoms with Crippen molar-refractivity contribution in [3.8, 4) is 0 Å². The van der Waals surface area contributed by atoms with Crippen molar-refractivity contribution in [3.05, 3.63) is 53.1 Å². The van der Waals surface area contributed by atoms with Crippen LogP contribution in [0.15, 0.2) is 30.3 Å². The van der Waals surface area contributed by atoms with Crippen LogP contribution < -0.4 is 10.6 Å². The van der Waals surface area contributed by atoms with Gasteiger partial charge in [-0.1, -0.05) is 19.1 Å². The molecule has 1 unspecified atom stereocenters. The topological polar surface area (TPSA) is 96.3 Å². The highest BCUT2D eigenvalue weighted by atomic mass is 32.2. The fourth-order valence-corrected chi connectivity index (χ4v) is 4.37. The van der Waals surface area contributed by atoms with Gasteiger partial charge in [-0.25, -0.2) is 4.39 Å². The molecule has 0 saturated heterocycles. The predicted molar refractivity (Wildman–Crippen MR) is 126 cm³/mol. The van der Waals surface area contributed by atoms with Gasteiger partial charge in [0.2, 0.25) is 5.91 Å². The van der Waals surface area contributed by atoms with Crippen LogP contribution in [0.3, 0.4) is 0 Å². The summed E-state index contributed by atoms with van der Waals surface area (Å²) in [4.78, 5) is 39.8. The van der Waals surface area contributed by atoms with Crippen molar-refractivity contribution < 1.29 is 18.8 Å². The molecule has 178 valence electrons. The number of amides is 3. The highest BCUT2D eigenvalue weighted by Gasteiger charge is 2.46. The Kier molecular flexibility index (Phi) is 8.12. The minimum absolute atomic E-state index is 0.112. The van der Waals surface area contributed by atoms with Gasteiger partial charge in [-0.05, 0) is 49.0 Å². The smallest absolute Gasteiger partial charge is 0.272 e. The van der Waals surface area contributed by atoms with Crippen molar-refractivity contribution in [3.63, 3.8) is 0 Å². The number of halogens is 1. The number of thioether (sulfide) groups is 1. The molecule has 1 aliphatic rings. The second kappa shape index (κ2) is 10.8. The van der Waals surface area contributed by atoms with E-state index in [1.807, 2.05) is 11.8 Å². The van der Waals surface area contributed by atoms with Crippen molar-refractivity contribution in [2.24, 2.45) is 0 Å². The van der Waals surface area contributed by atoms with Crippen LogP contribution in [0.1, 0.15) is 53.2 Å². The maximum absolute atomic E-state index is 13.1. The Labute approximate surface area is 197 Å². The Morgan fingerprint density at radius 3 is 2.64 bits per heavy atom. The number of carbonyl (C=O) groups excluding carboxylic acids is 3. The van der Waals surface area contributed by atoms with Gasteiger partial charge in [0.15, 0.2) is 5.69 Å². The molecule has 2 heterocycles. The number of benzene rings is 1. The molecular weight excluding hydrogens is 445 g/mol. The van der Waals surface area contributed by atoms with Gasteiger partial charge in [-0.3, -0.25) is 19.1 Å². The molecule has 2 N–H and O–H groups in total. The number of rotatable bonds is 10. The molecule has 1 aromatic carbocycles. The lowest BCUT2D eigenvalue weighted by Gasteiger charge is -2.40. The summed E-state index contributed by atoms with van der Waals surface area (Å²) in [5, 5.41) is 9.95. The van der Waals surface area contributed by atoms with Crippen LogP contribution in [-0.4, -0.2) is 63.0 Å². The average Bonchev–Trinajstić information content (AvgIpc) is 3.23. The highest BCUT2D eigenvalue weighted by molar-refractivity contribution is 7.99. The molecule has 0 fully saturated rings. The molecule has 33 heavy (non-hydrogen) atoms. The van der Waals surface area contributed by atoms with Crippen LogP contribution >= 0.6 is 11.8 Å². The van der Waals surface area contributed by atoms with Gasteiger partial charge in [-0.2, -0.15) is 16.9 Å². The van der Waals surface area contributed by atoms with E-state index in [1.54, 1.807) is 26.1 Å². The summed E-state index contributed by atoms with van der Waals surface area (Å²) in [6.07, 6.45) is 1.99. The number of nitrogens with zero attached hydrogens (tertiary/aromatic N) is 3. The summed E-state index contributed by atoms with van der Waals surface area (Å²) in [6.45, 7) is 4.64. The van der Waals surface area contributed by atoms with E-state index >= 15 is 0 Å². The molecule has 0 bridgehead atoms. The minimum Gasteiger partial charge on any atom is -0.351 e. The minimum atomic E-state index is -1.19. The molecule has 0 spiro atoms. The Morgan fingerprint density at radius 2 is 1.94 bits per heavy atom. The van der Waals surface area contributed by atoms with Crippen molar-refractivity contribution in [2.45, 2.75) is 45.3 Å². The standard InChI is InChI=1S/C23H30FN5O3S/c1-4-11-33-12-5-10-25-20(30)18-13-19-21(31)28(3)23(2,15-29(19)27-18)22(32)26-14-16-6-8-17(24)9-7-16/h6-9,13H,4-5,10-12,14-15H2,1-3H3,(H,25,30)(H,26,32). The molecule has 1 aliphatic heterocycles. The molecule has 1 aromatic heterocycles. The van der Waals surface area contributed by atoms with E-state index in [0.29, 0.717) is 6.54 Å². The monoisotopic (exact) mass is 475 g/mol. The van der Waals surface area contributed by atoms with Crippen molar-refractivity contribution in [1.82, 2.24) is 25.3 Å². The molecule has 8 nitrogen and oxygen atoms in total. The molecule has 3 rings (SSSR count). The Balaban J connectivity index is 1.64. The predicted octanol–water partition coefficient (Wildman–Crippen LogP) is 2.45. The van der Waals surface area contributed by atoms with Crippen molar-refractivity contribution in [1.29, 1.82) is 0 Å². The number of carbonyl (C=O) groups is 3. The second-order valence-electron chi connectivity index (χ2n) is 8.24. The molecule has 3 amide bonds. The zero-order valence-electron chi connectivity index (χ0n) is 19.2. The first-order valence-corrected chi connectivity index (χ1v) is 12.2. The third-order valence-electron chi connectivity index (χ3n) is 5.69. The molecule has 0 aliphatic carbocycles. The quantitative estimate of drug-likeness (QED) is 0.515. The SMILES string of the molecule is CCCSCCCNC(=O)c1cc2n(n1)CC(C)(C(=O)NCc1ccc(F)cc1)N(C)C2=O. The number of aromatic nitrogens is 2. The van der Waals surface area contributed by atoms with Crippen LogP contribution in [-0.2, 0) is 17.9 Å². The lowest BCUT2D eigenvalue weighted by atomic mass is 9.96. The molecular formula is C23H30FN5O3S. The van der Waals surface area contributed by atoms with E-state index in [2.05, 4.69) is 22.7 Å². The summed E-state index contributed by atoms with van der Waals surface area (Å²) in [7, 11) is 1.56. The number of nitrogens with one attached hydrogen (secondary N) is 2. The van der Waals surface area contributed by atoms with Gasteiger partial charge in [0.1, 0.15) is 17.1 Å². The third-order valence-corrected chi connectivity index (χ3v) is 6.96. The fourth-order valence-electron chi connectivity index (χ4n) is 3.53. The number of fused-ring (bicyclic) bond motifs is 1. The van der Waals surface area contributed by atoms with Crippen molar-refractivity contribution >= 4 is 29.5 Å². The number of hydrogen-bond donors (Lipinski definition) is 2. The molecule has 2 aromatic rings. The van der Waals surface area contributed by atoms with Gasteiger partial charge in [0, 0.05) is 26.2 Å². The zero-order chi connectivity index (χ0) is 24.0. The largest absolute Gasteiger partial charge is 0.351 e. The molecule has 1 atom stereocenters. The Morgan fingerprint density at radius 1 is 1.21 bits per heavy atom. The first kappa shape index (κ1) is 24.8. The maximum Gasteiger partial charge on any atom is 0.272 e. The fraction of sp³-hybridized carbons (Fsp3) is 0.478. The zero-order valence-corrected chi connectivity index (χ0v) is 20.0. The van der Waals surface area contributed by atoms with Gasteiger partial charge in [0.05, 0.1) is 6.54 Å². The molecule has 0 radical (unpaired) electrons. The van der Waals surface area contributed by atoms with Crippen molar-refractivity contribution in [2.75, 3.05) is 25.1 Å². The van der Waals surface area contributed by atoms with Gasteiger partial charge >= 0.3 is 0 Å². The lowest BCUT2D eigenvalue weighted by molar-refractivity contribution is -0.132. The number of likely N-dealkylation sites (N-methyl/N-ethyl adjacent to an activating group) is 1. The van der Waals surface area contributed by atoms with E-state index in [1.165, 1.54) is 27.8 Å².